The van der Waals surface area contributed by atoms with Crippen molar-refractivity contribution in [1.82, 2.24) is 21.3 Å². The summed E-state index contributed by atoms with van der Waals surface area (Å²) in [6.45, 7) is 4.72. The monoisotopic (exact) mass is 553 g/mol. The Bertz CT molecular complexity index is 844. The smallest absolute Gasteiger partial charge is 0.475 e. The maximum Gasteiger partial charge on any atom is 0.490 e. The quantitative estimate of drug-likeness (QED) is 0.101. The van der Waals surface area contributed by atoms with Crippen LogP contribution in [0.25, 0.3) is 0 Å². The lowest BCUT2D eigenvalue weighted by molar-refractivity contribution is -0.192. The van der Waals surface area contributed by atoms with Crippen LogP contribution in [0.3, 0.4) is 0 Å². The van der Waals surface area contributed by atoms with Crippen LogP contribution in [0.1, 0.15) is 65.7 Å². The van der Waals surface area contributed by atoms with Crippen molar-refractivity contribution in [2.45, 2.75) is 96.1 Å². The normalized spacial score (nSPS) is 15.8. The van der Waals surface area contributed by atoms with E-state index in [0.29, 0.717) is 13.0 Å². The Hall–Kier alpha value is -3.59. The zero-order valence-electron chi connectivity index (χ0n) is 21.7. The van der Waals surface area contributed by atoms with Gasteiger partial charge in [0, 0.05) is 19.5 Å². The van der Waals surface area contributed by atoms with Crippen molar-refractivity contribution in [3.63, 3.8) is 0 Å². The molecule has 0 unspecified atom stereocenters. The number of hydrogen-bond donors (Lipinski definition) is 7. The van der Waals surface area contributed by atoms with E-state index < -0.39 is 42.1 Å². The number of rotatable bonds is 11. The Morgan fingerprint density at radius 2 is 1.45 bits per heavy atom. The molecule has 1 fully saturated rings. The number of carbonyl (C=O) groups excluding carboxylic acids is 4. The number of amides is 4. The fourth-order valence-electron chi connectivity index (χ4n) is 3.39. The summed E-state index contributed by atoms with van der Waals surface area (Å²) in [5.41, 5.74) is 10.6. The van der Waals surface area contributed by atoms with Crippen molar-refractivity contribution < 1.29 is 42.3 Å². The molecular formula is C22H38F3N7O6. The van der Waals surface area contributed by atoms with E-state index >= 15 is 0 Å². The van der Waals surface area contributed by atoms with Crippen LogP contribution in [0.5, 0.6) is 0 Å². The van der Waals surface area contributed by atoms with Crippen molar-refractivity contribution in [3.05, 3.63) is 0 Å². The van der Waals surface area contributed by atoms with Gasteiger partial charge in [-0.2, -0.15) is 13.2 Å². The number of carboxylic acid groups (broad SMARTS) is 1. The molecule has 13 nitrogen and oxygen atoms in total. The number of guanidine groups is 1. The summed E-state index contributed by atoms with van der Waals surface area (Å²) in [4.78, 5) is 61.5. The van der Waals surface area contributed by atoms with Crippen molar-refractivity contribution >= 4 is 35.6 Å². The first-order valence-electron chi connectivity index (χ1n) is 12.1. The molecule has 0 aliphatic heterocycles. The highest BCUT2D eigenvalue weighted by Gasteiger charge is 2.38. The van der Waals surface area contributed by atoms with Crippen molar-refractivity contribution in [1.29, 1.82) is 0 Å². The van der Waals surface area contributed by atoms with E-state index in [9.17, 15) is 32.3 Å². The van der Waals surface area contributed by atoms with Gasteiger partial charge in [0.05, 0.1) is 0 Å². The van der Waals surface area contributed by atoms with Crippen molar-refractivity contribution in [2.24, 2.45) is 16.5 Å². The SMILES string of the molecule is CC(=O)N[C@@H](C)C(=O)N[C@@H](CCCN=C(N)N)C(=O)N[C@@H](C)C(=O)NC1CCCCC1.O=C(O)C(F)(F)F. The molecule has 1 aliphatic carbocycles. The minimum atomic E-state index is -5.08. The first-order chi connectivity index (χ1) is 17.5. The van der Waals surface area contributed by atoms with Gasteiger partial charge in [-0.1, -0.05) is 19.3 Å². The Kier molecular flexibility index (Phi) is 15.4. The lowest BCUT2D eigenvalue weighted by Gasteiger charge is -2.26. The third-order valence-electron chi connectivity index (χ3n) is 5.34. The largest absolute Gasteiger partial charge is 0.490 e. The lowest BCUT2D eigenvalue weighted by Crippen LogP contribution is -2.56. The molecule has 0 heterocycles. The predicted octanol–water partition coefficient (Wildman–Crippen LogP) is -0.364. The molecule has 0 aromatic rings. The van der Waals surface area contributed by atoms with Gasteiger partial charge < -0.3 is 37.8 Å². The van der Waals surface area contributed by atoms with Crippen LogP contribution < -0.4 is 32.7 Å². The number of alkyl halides is 3. The van der Waals surface area contributed by atoms with Crippen LogP contribution in [-0.4, -0.2) is 77.6 Å². The molecular weight excluding hydrogens is 515 g/mol. The Morgan fingerprint density at radius 1 is 0.921 bits per heavy atom. The van der Waals surface area contributed by atoms with Gasteiger partial charge in [0.15, 0.2) is 5.96 Å². The highest BCUT2D eigenvalue weighted by atomic mass is 19.4. The van der Waals surface area contributed by atoms with E-state index in [1.807, 2.05) is 0 Å². The maximum absolute atomic E-state index is 12.8. The van der Waals surface area contributed by atoms with E-state index in [2.05, 4.69) is 26.3 Å². The second-order valence-corrected chi connectivity index (χ2v) is 8.81. The number of aliphatic imine (C=N–C) groups is 1. The summed E-state index contributed by atoms with van der Waals surface area (Å²) in [6.07, 6.45) is 0.848. The molecule has 1 rings (SSSR count). The number of nitrogens with zero attached hydrogens (tertiary/aromatic N) is 1. The summed E-state index contributed by atoms with van der Waals surface area (Å²) in [6, 6.07) is -2.33. The third kappa shape index (κ3) is 15.5. The standard InChI is InChI=1S/C20H37N7O4.C2HF3O2/c1-12(24-14(3)28)18(30)27-16(10-7-11-23-20(21)22)19(31)25-13(2)17(29)26-15-8-5-4-6-9-15;3-2(4,5)1(6)7/h12-13,15-16H,4-11H2,1-3H3,(H,24,28)(H,25,31)(H,26,29)(H,27,30)(H4,21,22,23);(H,6,7)/t12-,13-,16-;/m0./s1. The van der Waals surface area contributed by atoms with E-state index in [1.165, 1.54) is 20.3 Å². The molecule has 0 aromatic heterocycles. The molecule has 1 saturated carbocycles. The fraction of sp³-hybridized carbons (Fsp3) is 0.727. The van der Waals surface area contributed by atoms with Gasteiger partial charge in [0.2, 0.25) is 23.6 Å². The number of halogens is 3. The lowest BCUT2D eigenvalue weighted by atomic mass is 9.95. The number of nitrogens with two attached hydrogens (primary N) is 2. The highest BCUT2D eigenvalue weighted by molar-refractivity contribution is 5.93. The number of carbonyl (C=O) groups is 5. The fourth-order valence-corrected chi connectivity index (χ4v) is 3.39. The molecule has 9 N–H and O–H groups in total. The molecule has 1 aliphatic rings. The van der Waals surface area contributed by atoms with Gasteiger partial charge in [-0.05, 0) is 39.5 Å². The topological polar surface area (TPSA) is 218 Å². The third-order valence-corrected chi connectivity index (χ3v) is 5.34. The zero-order chi connectivity index (χ0) is 29.5. The van der Waals surface area contributed by atoms with E-state index in [-0.39, 0.29) is 30.2 Å². The number of aliphatic carboxylic acids is 1. The first-order valence-corrected chi connectivity index (χ1v) is 12.1. The van der Waals surface area contributed by atoms with Crippen LogP contribution in [0, 0.1) is 0 Å². The number of nitrogens with one attached hydrogen (secondary N) is 4. The molecule has 0 saturated heterocycles. The molecule has 218 valence electrons. The number of hydrogen-bond acceptors (Lipinski definition) is 6. The molecule has 38 heavy (non-hydrogen) atoms. The Morgan fingerprint density at radius 3 is 1.92 bits per heavy atom. The number of carboxylic acids is 1. The average Bonchev–Trinajstić information content (AvgIpc) is 2.80. The minimum absolute atomic E-state index is 0.0580. The van der Waals surface area contributed by atoms with Crippen LogP contribution in [0.2, 0.25) is 0 Å². The minimum Gasteiger partial charge on any atom is -0.475 e. The molecule has 16 heteroatoms. The van der Waals surface area contributed by atoms with Gasteiger partial charge in [-0.15, -0.1) is 0 Å². The van der Waals surface area contributed by atoms with Gasteiger partial charge in [-0.3, -0.25) is 24.2 Å². The maximum atomic E-state index is 12.8. The van der Waals surface area contributed by atoms with Crippen LogP contribution in [-0.2, 0) is 24.0 Å². The summed E-state index contributed by atoms with van der Waals surface area (Å²) >= 11 is 0. The second kappa shape index (κ2) is 17.0. The first kappa shape index (κ1) is 34.4. The van der Waals surface area contributed by atoms with E-state index in [1.54, 1.807) is 6.92 Å². The van der Waals surface area contributed by atoms with Crippen molar-refractivity contribution in [2.75, 3.05) is 6.54 Å². The molecule has 0 bridgehead atoms. The highest BCUT2D eigenvalue weighted by Crippen LogP contribution is 2.17. The summed E-state index contributed by atoms with van der Waals surface area (Å²) in [5.74, 6) is -4.41. The zero-order valence-corrected chi connectivity index (χ0v) is 21.7. The second-order valence-electron chi connectivity index (χ2n) is 8.81. The summed E-state index contributed by atoms with van der Waals surface area (Å²) in [5, 5.41) is 17.9. The van der Waals surface area contributed by atoms with Gasteiger partial charge >= 0.3 is 12.1 Å². The van der Waals surface area contributed by atoms with Crippen LogP contribution in [0.15, 0.2) is 4.99 Å². The molecule has 4 amide bonds. The van der Waals surface area contributed by atoms with Crippen LogP contribution >= 0.6 is 0 Å². The molecule has 3 atom stereocenters. The van der Waals surface area contributed by atoms with E-state index in [4.69, 9.17) is 21.4 Å². The van der Waals surface area contributed by atoms with E-state index in [0.717, 1.165) is 25.7 Å². The molecule has 0 aromatic carbocycles. The van der Waals surface area contributed by atoms with Gasteiger partial charge in [0.25, 0.3) is 0 Å². The average molecular weight is 554 g/mol. The molecule has 0 radical (unpaired) electrons. The Labute approximate surface area is 218 Å². The van der Waals surface area contributed by atoms with Crippen molar-refractivity contribution in [3.8, 4) is 0 Å². The van der Waals surface area contributed by atoms with Gasteiger partial charge in [-0.25, -0.2) is 4.79 Å². The van der Waals surface area contributed by atoms with Gasteiger partial charge in [0.1, 0.15) is 18.1 Å². The summed E-state index contributed by atoms with van der Waals surface area (Å²) < 4.78 is 31.7. The van der Waals surface area contributed by atoms with Crippen LogP contribution in [0.4, 0.5) is 13.2 Å². The Balaban J connectivity index is 0.00000171. The molecule has 0 spiro atoms. The predicted molar refractivity (Wildman–Crippen MR) is 131 cm³/mol. The summed E-state index contributed by atoms with van der Waals surface area (Å²) in [7, 11) is 0.